The summed E-state index contributed by atoms with van der Waals surface area (Å²) in [5.41, 5.74) is -0.0362. The number of amides is 4. The Bertz CT molecular complexity index is 929. The fraction of sp³-hybridized carbons (Fsp3) is 0.609. The lowest BCUT2D eigenvalue weighted by Gasteiger charge is -2.37. The number of carbonyl (C=O) groups excluding carboxylic acids is 3. The highest BCUT2D eigenvalue weighted by molar-refractivity contribution is 6.07. The lowest BCUT2D eigenvalue weighted by molar-refractivity contribution is -0.136. The van der Waals surface area contributed by atoms with Crippen molar-refractivity contribution in [3.8, 4) is 11.5 Å². The zero-order valence-electron chi connectivity index (χ0n) is 18.4. The number of carbonyl (C=O) groups is 3. The Morgan fingerprint density at radius 1 is 1.16 bits per heavy atom. The molecule has 0 unspecified atom stereocenters. The van der Waals surface area contributed by atoms with E-state index >= 15 is 0 Å². The first-order valence-corrected chi connectivity index (χ1v) is 11.5. The summed E-state index contributed by atoms with van der Waals surface area (Å²) < 4.78 is 10.7. The first-order valence-electron chi connectivity index (χ1n) is 11.5. The quantitative estimate of drug-likeness (QED) is 0.695. The maximum Gasteiger partial charge on any atom is 0.326 e. The number of rotatable bonds is 4. The number of benzene rings is 1. The standard InChI is InChI=1S/C23H30N4O5/c1-15-4-2-3-9-23(15)21(29)27(22(30)25-23)13-26-10-7-16(8-11-26)20(28)24-17-5-6-18-19(12-17)32-14-31-18/h5-6,12,15-16H,2-4,7-11,13-14H2,1H3,(H,24,28)(H,25,30)/t15-,23+/m1/s1. The molecule has 3 fully saturated rings. The minimum absolute atomic E-state index is 0.0199. The molecule has 1 aromatic carbocycles. The number of nitrogens with one attached hydrogen (secondary N) is 2. The number of nitrogens with zero attached hydrogens (tertiary/aromatic N) is 2. The third-order valence-electron chi connectivity index (χ3n) is 7.44. The van der Waals surface area contributed by atoms with Crippen LogP contribution in [0.25, 0.3) is 0 Å². The van der Waals surface area contributed by atoms with Gasteiger partial charge in [0, 0.05) is 30.8 Å². The SMILES string of the molecule is C[C@@H]1CCCC[C@]12NC(=O)N(CN1CCC(C(=O)Nc3ccc4c(c3)OCO4)CC1)C2=O. The van der Waals surface area contributed by atoms with Gasteiger partial charge in [-0.25, -0.2) is 9.69 Å². The molecule has 0 bridgehead atoms. The van der Waals surface area contributed by atoms with Crippen LogP contribution in [0.5, 0.6) is 11.5 Å². The van der Waals surface area contributed by atoms with Crippen molar-refractivity contribution < 1.29 is 23.9 Å². The smallest absolute Gasteiger partial charge is 0.326 e. The molecule has 2 atom stereocenters. The average Bonchev–Trinajstić information content (AvgIpc) is 3.35. The van der Waals surface area contributed by atoms with E-state index in [0.29, 0.717) is 43.1 Å². The Morgan fingerprint density at radius 3 is 2.72 bits per heavy atom. The molecule has 5 rings (SSSR count). The van der Waals surface area contributed by atoms with Crippen LogP contribution < -0.4 is 20.1 Å². The van der Waals surface area contributed by atoms with Crippen LogP contribution in [0, 0.1) is 11.8 Å². The van der Waals surface area contributed by atoms with Crippen molar-refractivity contribution in [1.82, 2.24) is 15.1 Å². The van der Waals surface area contributed by atoms with E-state index < -0.39 is 5.54 Å². The van der Waals surface area contributed by atoms with Gasteiger partial charge in [-0.3, -0.25) is 14.5 Å². The van der Waals surface area contributed by atoms with Crippen molar-refractivity contribution in [2.75, 3.05) is 31.9 Å². The Morgan fingerprint density at radius 2 is 1.94 bits per heavy atom. The molecule has 0 radical (unpaired) electrons. The second-order valence-corrected chi connectivity index (χ2v) is 9.37. The van der Waals surface area contributed by atoms with Gasteiger partial charge in [-0.05, 0) is 43.7 Å². The van der Waals surface area contributed by atoms with Crippen LogP contribution in [-0.2, 0) is 9.59 Å². The average molecular weight is 443 g/mol. The second-order valence-electron chi connectivity index (χ2n) is 9.37. The number of ether oxygens (including phenoxy) is 2. The molecule has 32 heavy (non-hydrogen) atoms. The molecule has 3 aliphatic heterocycles. The Balaban J connectivity index is 1.14. The molecular weight excluding hydrogens is 412 g/mol. The molecule has 1 aromatic rings. The van der Waals surface area contributed by atoms with Crippen LogP contribution >= 0.6 is 0 Å². The Hall–Kier alpha value is -2.81. The number of urea groups is 1. The normalized spacial score (nSPS) is 28.3. The summed E-state index contributed by atoms with van der Waals surface area (Å²) in [5, 5.41) is 5.97. The van der Waals surface area contributed by atoms with Crippen LogP contribution in [0.2, 0.25) is 0 Å². The number of hydrogen-bond donors (Lipinski definition) is 2. The summed E-state index contributed by atoms with van der Waals surface area (Å²) in [4.78, 5) is 42.0. The van der Waals surface area contributed by atoms with Crippen LogP contribution in [0.4, 0.5) is 10.5 Å². The van der Waals surface area contributed by atoms with Gasteiger partial charge >= 0.3 is 6.03 Å². The van der Waals surface area contributed by atoms with Crippen molar-refractivity contribution in [2.45, 2.75) is 51.0 Å². The first-order chi connectivity index (χ1) is 15.5. The van der Waals surface area contributed by atoms with Gasteiger partial charge in [0.25, 0.3) is 5.91 Å². The number of likely N-dealkylation sites (tertiary alicyclic amines) is 1. The van der Waals surface area contributed by atoms with E-state index in [1.165, 1.54) is 4.90 Å². The molecule has 9 nitrogen and oxygen atoms in total. The minimum Gasteiger partial charge on any atom is -0.454 e. The van der Waals surface area contributed by atoms with E-state index in [-0.39, 0.29) is 43.1 Å². The summed E-state index contributed by atoms with van der Waals surface area (Å²) >= 11 is 0. The number of hydrogen-bond acceptors (Lipinski definition) is 6. The number of imide groups is 1. The van der Waals surface area contributed by atoms with Gasteiger partial charge in [0.2, 0.25) is 12.7 Å². The van der Waals surface area contributed by atoms with Gasteiger partial charge in [0.1, 0.15) is 5.54 Å². The van der Waals surface area contributed by atoms with E-state index in [0.717, 1.165) is 25.7 Å². The van der Waals surface area contributed by atoms with Gasteiger partial charge < -0.3 is 20.1 Å². The molecule has 1 aliphatic carbocycles. The largest absolute Gasteiger partial charge is 0.454 e. The maximum atomic E-state index is 13.2. The molecule has 9 heteroatoms. The van der Waals surface area contributed by atoms with E-state index in [9.17, 15) is 14.4 Å². The fourth-order valence-corrected chi connectivity index (χ4v) is 5.38. The second kappa shape index (κ2) is 8.27. The molecule has 2 saturated heterocycles. The van der Waals surface area contributed by atoms with Crippen molar-refractivity contribution in [3.05, 3.63) is 18.2 Å². The molecule has 172 valence electrons. The predicted octanol–water partition coefficient (Wildman–Crippen LogP) is 2.52. The highest BCUT2D eigenvalue weighted by Crippen LogP contribution is 2.38. The molecule has 3 heterocycles. The van der Waals surface area contributed by atoms with Gasteiger partial charge in [-0.15, -0.1) is 0 Å². The zero-order chi connectivity index (χ0) is 22.3. The maximum absolute atomic E-state index is 13.2. The molecule has 1 spiro atoms. The molecular formula is C23H30N4O5. The monoisotopic (exact) mass is 442 g/mol. The third kappa shape index (κ3) is 3.68. The van der Waals surface area contributed by atoms with Gasteiger partial charge in [0.05, 0.1) is 6.67 Å². The molecule has 4 amide bonds. The lowest BCUT2D eigenvalue weighted by atomic mass is 9.73. The predicted molar refractivity (Wildman–Crippen MR) is 116 cm³/mol. The number of piperidine rings is 1. The topological polar surface area (TPSA) is 100 Å². The van der Waals surface area contributed by atoms with E-state index in [1.54, 1.807) is 18.2 Å². The summed E-state index contributed by atoms with van der Waals surface area (Å²) in [6.45, 7) is 3.88. The highest BCUT2D eigenvalue weighted by atomic mass is 16.7. The van der Waals surface area contributed by atoms with Gasteiger partial charge in [0.15, 0.2) is 11.5 Å². The third-order valence-corrected chi connectivity index (χ3v) is 7.44. The summed E-state index contributed by atoms with van der Waals surface area (Å²) in [5.74, 6) is 1.26. The minimum atomic E-state index is -0.724. The van der Waals surface area contributed by atoms with E-state index in [1.807, 2.05) is 0 Å². The molecule has 0 aromatic heterocycles. The van der Waals surface area contributed by atoms with Gasteiger partial charge in [-0.1, -0.05) is 19.8 Å². The van der Waals surface area contributed by atoms with Crippen LogP contribution in [0.3, 0.4) is 0 Å². The molecule has 4 aliphatic rings. The van der Waals surface area contributed by atoms with Crippen LogP contribution in [0.1, 0.15) is 45.4 Å². The first kappa shape index (κ1) is 21.1. The van der Waals surface area contributed by atoms with Crippen molar-refractivity contribution in [2.24, 2.45) is 11.8 Å². The summed E-state index contributed by atoms with van der Waals surface area (Å²) in [6.07, 6.45) is 5.12. The van der Waals surface area contributed by atoms with Crippen molar-refractivity contribution in [1.29, 1.82) is 0 Å². The Kier molecular flexibility index (Phi) is 5.44. The summed E-state index contributed by atoms with van der Waals surface area (Å²) in [7, 11) is 0. The molecule has 1 saturated carbocycles. The lowest BCUT2D eigenvalue weighted by Crippen LogP contribution is -2.54. The van der Waals surface area contributed by atoms with Crippen molar-refractivity contribution in [3.63, 3.8) is 0 Å². The van der Waals surface area contributed by atoms with Crippen LogP contribution in [0.15, 0.2) is 18.2 Å². The van der Waals surface area contributed by atoms with E-state index in [2.05, 4.69) is 22.5 Å². The van der Waals surface area contributed by atoms with Crippen molar-refractivity contribution >= 4 is 23.5 Å². The number of anilines is 1. The van der Waals surface area contributed by atoms with Crippen LogP contribution in [-0.4, -0.2) is 59.7 Å². The summed E-state index contributed by atoms with van der Waals surface area (Å²) in [6, 6.07) is 5.08. The molecule has 2 N–H and O–H groups in total. The van der Waals surface area contributed by atoms with Gasteiger partial charge in [-0.2, -0.15) is 0 Å². The zero-order valence-corrected chi connectivity index (χ0v) is 18.4. The van der Waals surface area contributed by atoms with E-state index in [4.69, 9.17) is 9.47 Å². The highest BCUT2D eigenvalue weighted by Gasteiger charge is 2.55. The number of fused-ring (bicyclic) bond motifs is 1. The Labute approximate surface area is 187 Å². The fourth-order valence-electron chi connectivity index (χ4n) is 5.38.